The highest BCUT2D eigenvalue weighted by Crippen LogP contribution is 2.33. The third-order valence-corrected chi connectivity index (χ3v) is 4.50. The van der Waals surface area contributed by atoms with Crippen LogP contribution >= 0.6 is 22.9 Å². The fourth-order valence-electron chi connectivity index (χ4n) is 2.04. The van der Waals surface area contributed by atoms with Gasteiger partial charge in [0.05, 0.1) is 11.1 Å². The van der Waals surface area contributed by atoms with Crippen LogP contribution in [0.2, 0.25) is 5.02 Å². The molecule has 0 unspecified atom stereocenters. The second-order valence-corrected chi connectivity index (χ2v) is 6.44. The third kappa shape index (κ3) is 4.13. The number of urea groups is 1. The molecule has 1 aromatic heterocycles. The number of rotatable bonds is 6. The summed E-state index contributed by atoms with van der Waals surface area (Å²) in [6, 6.07) is 6.87. The van der Waals surface area contributed by atoms with Gasteiger partial charge in [-0.25, -0.2) is 9.78 Å². The number of terminal acetylenes is 1. The zero-order valence-corrected chi connectivity index (χ0v) is 14.6. The van der Waals surface area contributed by atoms with Crippen molar-refractivity contribution in [2.24, 2.45) is 0 Å². The number of aldehydes is 1. The van der Waals surface area contributed by atoms with Gasteiger partial charge in [0.1, 0.15) is 6.29 Å². The molecule has 0 aliphatic carbocycles. The van der Waals surface area contributed by atoms with E-state index in [2.05, 4.69) is 21.5 Å². The highest BCUT2D eigenvalue weighted by Gasteiger charge is 2.29. The van der Waals surface area contributed by atoms with Gasteiger partial charge in [-0.1, -0.05) is 29.7 Å². The van der Waals surface area contributed by atoms with Crippen LogP contribution in [0.3, 0.4) is 0 Å². The maximum absolute atomic E-state index is 11.7. The molecular weight excluding hydrogens is 346 g/mol. The van der Waals surface area contributed by atoms with Crippen LogP contribution in [0.5, 0.6) is 0 Å². The fourth-order valence-corrected chi connectivity index (χ4v) is 2.98. The lowest BCUT2D eigenvalue weighted by molar-refractivity contribution is -0.107. The van der Waals surface area contributed by atoms with Crippen molar-refractivity contribution in [1.82, 2.24) is 10.3 Å². The predicted octanol–water partition coefficient (Wildman–Crippen LogP) is 3.45. The highest BCUT2D eigenvalue weighted by atomic mass is 35.5. The second-order valence-electron chi connectivity index (χ2n) is 5.15. The number of carbonyl (C=O) groups is 2. The molecule has 2 aromatic rings. The van der Waals surface area contributed by atoms with Gasteiger partial charge in [0, 0.05) is 23.4 Å². The van der Waals surface area contributed by atoms with Gasteiger partial charge in [0.25, 0.3) is 0 Å². The average Bonchev–Trinajstić information content (AvgIpc) is 3.04. The molecule has 124 valence electrons. The number of carbonyl (C=O) groups excluding carboxylic acids is 2. The lowest BCUT2D eigenvalue weighted by Crippen LogP contribution is -2.29. The highest BCUT2D eigenvalue weighted by molar-refractivity contribution is 7.14. The number of amides is 2. The molecule has 5 nitrogen and oxygen atoms in total. The van der Waals surface area contributed by atoms with Crippen molar-refractivity contribution in [3.8, 4) is 12.3 Å². The van der Waals surface area contributed by atoms with Crippen molar-refractivity contribution >= 4 is 40.4 Å². The smallest absolute Gasteiger partial charge is 0.321 e. The van der Waals surface area contributed by atoms with Crippen LogP contribution in [0.15, 0.2) is 29.6 Å². The molecule has 1 heterocycles. The van der Waals surface area contributed by atoms with Crippen LogP contribution in [-0.4, -0.2) is 23.8 Å². The molecule has 0 bridgehead atoms. The summed E-state index contributed by atoms with van der Waals surface area (Å²) < 4.78 is 0. The summed E-state index contributed by atoms with van der Waals surface area (Å²) >= 11 is 7.21. The zero-order chi connectivity index (χ0) is 17.6. The number of nitrogens with one attached hydrogen (secondary N) is 2. The first-order valence-corrected chi connectivity index (χ1v) is 8.43. The second kappa shape index (κ2) is 7.95. The lowest BCUT2D eigenvalue weighted by Gasteiger charge is -2.22. The minimum atomic E-state index is -0.727. The Balaban J connectivity index is 2.15. The molecule has 2 amide bonds. The van der Waals surface area contributed by atoms with Crippen molar-refractivity contribution < 1.29 is 9.59 Å². The number of nitrogens with zero attached hydrogens (tertiary/aromatic N) is 1. The zero-order valence-electron chi connectivity index (χ0n) is 13.0. The Morgan fingerprint density at radius 3 is 2.79 bits per heavy atom. The van der Waals surface area contributed by atoms with Crippen LogP contribution in [0.4, 0.5) is 9.93 Å². The maximum Gasteiger partial charge on any atom is 0.321 e. The van der Waals surface area contributed by atoms with Gasteiger partial charge in [-0.15, -0.1) is 17.8 Å². The molecule has 0 spiro atoms. The molecule has 0 aliphatic heterocycles. The number of aromatic nitrogens is 1. The van der Waals surface area contributed by atoms with Crippen molar-refractivity contribution in [3.63, 3.8) is 0 Å². The van der Waals surface area contributed by atoms with E-state index in [0.29, 0.717) is 15.8 Å². The Labute approximate surface area is 149 Å². The molecule has 24 heavy (non-hydrogen) atoms. The summed E-state index contributed by atoms with van der Waals surface area (Å²) in [7, 11) is 0. The van der Waals surface area contributed by atoms with Gasteiger partial charge in [0.15, 0.2) is 5.13 Å². The van der Waals surface area contributed by atoms with E-state index in [4.69, 9.17) is 18.0 Å². The number of hydrogen-bond acceptors (Lipinski definition) is 4. The van der Waals surface area contributed by atoms with Gasteiger partial charge >= 0.3 is 6.03 Å². The van der Waals surface area contributed by atoms with Gasteiger partial charge < -0.3 is 10.1 Å². The molecule has 7 heteroatoms. The first-order chi connectivity index (χ1) is 11.5. The van der Waals surface area contributed by atoms with Gasteiger partial charge in [-0.3, -0.25) is 5.32 Å². The van der Waals surface area contributed by atoms with Crippen LogP contribution in [0, 0.1) is 12.3 Å². The Morgan fingerprint density at radius 2 is 2.17 bits per heavy atom. The fraction of sp³-hybridized carbons (Fsp3) is 0.235. The summed E-state index contributed by atoms with van der Waals surface area (Å²) in [6.45, 7) is 2.17. The average molecular weight is 362 g/mol. The van der Waals surface area contributed by atoms with Crippen LogP contribution in [0.1, 0.15) is 24.6 Å². The summed E-state index contributed by atoms with van der Waals surface area (Å²) in [4.78, 5) is 26.4. The van der Waals surface area contributed by atoms with Crippen LogP contribution < -0.4 is 10.6 Å². The summed E-state index contributed by atoms with van der Waals surface area (Å²) in [5, 5.41) is 8.07. The quantitative estimate of drug-likeness (QED) is 0.470. The van der Waals surface area contributed by atoms with Crippen LogP contribution in [-0.2, 0) is 10.2 Å². The maximum atomic E-state index is 11.7. The molecule has 0 radical (unpaired) electrons. The topological polar surface area (TPSA) is 71.1 Å². The van der Waals surface area contributed by atoms with E-state index in [9.17, 15) is 9.59 Å². The van der Waals surface area contributed by atoms with E-state index < -0.39 is 11.4 Å². The monoisotopic (exact) mass is 361 g/mol. The Hall–Kier alpha value is -2.36. The first-order valence-electron chi connectivity index (χ1n) is 7.18. The molecule has 0 saturated carbocycles. The van der Waals surface area contributed by atoms with Gasteiger partial charge in [0.2, 0.25) is 0 Å². The predicted molar refractivity (Wildman–Crippen MR) is 96.6 cm³/mol. The molecule has 1 atom stereocenters. The normalized spacial score (nSPS) is 12.7. The first kappa shape index (κ1) is 18.0. The number of hydrogen-bond donors (Lipinski definition) is 2. The van der Waals surface area contributed by atoms with E-state index in [1.807, 2.05) is 24.4 Å². The largest absolute Gasteiger partial charge is 0.337 e. The molecule has 2 rings (SSSR count). The Kier molecular flexibility index (Phi) is 5.96. The SMILES string of the molecule is C#C[C@](C)(c1ccc(Cl)cc1)c1csc(NC(=O)NCCC=O)n1. The van der Waals surface area contributed by atoms with E-state index in [1.165, 1.54) is 11.3 Å². The van der Waals surface area contributed by atoms with Crippen molar-refractivity contribution in [2.45, 2.75) is 18.8 Å². The van der Waals surface area contributed by atoms with E-state index in [1.54, 1.807) is 12.1 Å². The summed E-state index contributed by atoms with van der Waals surface area (Å²) in [5.74, 6) is 2.77. The number of thiazole rings is 1. The molecule has 0 saturated heterocycles. The molecule has 1 aromatic carbocycles. The van der Waals surface area contributed by atoms with Crippen molar-refractivity contribution in [1.29, 1.82) is 0 Å². The minimum Gasteiger partial charge on any atom is -0.337 e. The molecular formula is C17H16ClN3O2S. The Morgan fingerprint density at radius 1 is 1.46 bits per heavy atom. The number of anilines is 1. The third-order valence-electron chi connectivity index (χ3n) is 3.49. The standard InChI is InChI=1S/C17H16ClN3O2S/c1-3-17(2,12-5-7-13(18)8-6-12)14-11-24-16(20-14)21-15(23)19-9-4-10-22/h1,5-8,10-11H,4,9H2,2H3,(H2,19,20,21,23)/t17-/m1/s1. The van der Waals surface area contributed by atoms with Crippen molar-refractivity contribution in [3.05, 3.63) is 45.9 Å². The van der Waals surface area contributed by atoms with Gasteiger partial charge in [-0.2, -0.15) is 0 Å². The Bertz CT molecular complexity index is 767. The summed E-state index contributed by atoms with van der Waals surface area (Å²) in [6.07, 6.45) is 6.76. The molecule has 0 aliphatic rings. The van der Waals surface area contributed by atoms with E-state index in [0.717, 1.165) is 11.8 Å². The number of benzene rings is 1. The molecule has 0 fully saturated rings. The van der Waals surface area contributed by atoms with E-state index >= 15 is 0 Å². The summed E-state index contributed by atoms with van der Waals surface area (Å²) in [5.41, 5.74) is 0.830. The van der Waals surface area contributed by atoms with Crippen LogP contribution in [0.25, 0.3) is 0 Å². The number of halogens is 1. The van der Waals surface area contributed by atoms with Gasteiger partial charge in [-0.05, 0) is 24.6 Å². The van der Waals surface area contributed by atoms with E-state index in [-0.39, 0.29) is 13.0 Å². The minimum absolute atomic E-state index is 0.266. The molecule has 2 N–H and O–H groups in total. The lowest BCUT2D eigenvalue weighted by atomic mass is 9.81. The van der Waals surface area contributed by atoms with Crippen molar-refractivity contribution in [2.75, 3.05) is 11.9 Å².